The minimum atomic E-state index is -0.385. The van der Waals surface area contributed by atoms with Gasteiger partial charge in [0.1, 0.15) is 5.75 Å². The Labute approximate surface area is 124 Å². The fourth-order valence-electron chi connectivity index (χ4n) is 2.30. The van der Waals surface area contributed by atoms with Crippen molar-refractivity contribution in [1.29, 1.82) is 0 Å². The molecule has 0 saturated heterocycles. The third-order valence-electron chi connectivity index (χ3n) is 3.83. The smallest absolute Gasteiger partial charge is 0.231 e. The van der Waals surface area contributed by atoms with Crippen molar-refractivity contribution in [2.45, 2.75) is 32.6 Å². The number of hydrogen-bond donors (Lipinski definition) is 2. The number of anilines is 1. The summed E-state index contributed by atoms with van der Waals surface area (Å²) in [6.07, 6.45) is 3.71. The number of hydrogen-bond acceptors (Lipinski definition) is 3. The topological polar surface area (TPSA) is 64.3 Å². The fraction of sp³-hybridized carbons (Fsp3) is 0.533. The summed E-state index contributed by atoms with van der Waals surface area (Å²) in [5.74, 6) is 0.633. The van der Waals surface area contributed by atoms with Crippen LogP contribution in [0.4, 0.5) is 5.69 Å². The van der Waals surface area contributed by atoms with Crippen molar-refractivity contribution < 1.29 is 9.53 Å². The predicted molar refractivity (Wildman–Crippen MR) is 81.2 cm³/mol. The molecular formula is C15H21ClN2O2. The zero-order valence-electron chi connectivity index (χ0n) is 11.7. The van der Waals surface area contributed by atoms with Gasteiger partial charge in [0.05, 0.1) is 17.0 Å². The van der Waals surface area contributed by atoms with Crippen molar-refractivity contribution in [3.63, 3.8) is 0 Å². The van der Waals surface area contributed by atoms with E-state index in [-0.39, 0.29) is 11.3 Å². The Kier molecular flexibility index (Phi) is 4.89. The molecule has 1 amide bonds. The molecule has 1 aromatic carbocycles. The van der Waals surface area contributed by atoms with Gasteiger partial charge in [0.25, 0.3) is 0 Å². The lowest BCUT2D eigenvalue weighted by Gasteiger charge is -2.39. The second-order valence-corrected chi connectivity index (χ2v) is 5.69. The van der Waals surface area contributed by atoms with E-state index in [0.717, 1.165) is 25.7 Å². The highest BCUT2D eigenvalue weighted by molar-refractivity contribution is 6.32. The number of carbonyl (C=O) groups is 1. The summed E-state index contributed by atoms with van der Waals surface area (Å²) in [4.78, 5) is 12.3. The van der Waals surface area contributed by atoms with Gasteiger partial charge in [0, 0.05) is 12.2 Å². The molecule has 110 valence electrons. The number of halogens is 1. The maximum atomic E-state index is 12.3. The average molecular weight is 297 g/mol. The minimum absolute atomic E-state index is 0.00968. The Morgan fingerprint density at radius 1 is 1.50 bits per heavy atom. The van der Waals surface area contributed by atoms with Crippen LogP contribution in [-0.2, 0) is 4.79 Å². The van der Waals surface area contributed by atoms with Crippen LogP contribution in [0, 0.1) is 5.41 Å². The molecule has 0 bridgehead atoms. The highest BCUT2D eigenvalue weighted by Crippen LogP contribution is 2.41. The van der Waals surface area contributed by atoms with Crippen LogP contribution < -0.4 is 15.8 Å². The predicted octanol–water partition coefficient (Wildman–Crippen LogP) is 3.20. The van der Waals surface area contributed by atoms with E-state index in [1.54, 1.807) is 18.2 Å². The Morgan fingerprint density at radius 2 is 2.25 bits per heavy atom. The quantitative estimate of drug-likeness (QED) is 0.847. The van der Waals surface area contributed by atoms with Gasteiger partial charge < -0.3 is 15.8 Å². The summed E-state index contributed by atoms with van der Waals surface area (Å²) in [6.45, 7) is 3.05. The zero-order chi connectivity index (χ0) is 14.6. The first-order chi connectivity index (χ1) is 9.61. The first-order valence-corrected chi connectivity index (χ1v) is 7.43. The molecule has 0 heterocycles. The maximum Gasteiger partial charge on any atom is 0.231 e. The third-order valence-corrected chi connectivity index (χ3v) is 4.13. The van der Waals surface area contributed by atoms with Crippen molar-refractivity contribution in [1.82, 2.24) is 0 Å². The standard InChI is InChI=1S/C15H21ClN2O2/c1-2-8-20-13-5-4-11(9-12(13)16)18-14(19)15(10-17)6-3-7-15/h4-5,9H,2-3,6-8,10,17H2,1H3,(H,18,19). The second-order valence-electron chi connectivity index (χ2n) is 5.29. The van der Waals surface area contributed by atoms with Crippen LogP contribution in [0.15, 0.2) is 18.2 Å². The molecule has 1 saturated carbocycles. The van der Waals surface area contributed by atoms with Crippen LogP contribution in [0.1, 0.15) is 32.6 Å². The van der Waals surface area contributed by atoms with Gasteiger partial charge in [-0.15, -0.1) is 0 Å². The van der Waals surface area contributed by atoms with E-state index in [0.29, 0.717) is 29.6 Å². The SMILES string of the molecule is CCCOc1ccc(NC(=O)C2(CN)CCC2)cc1Cl. The summed E-state index contributed by atoms with van der Waals surface area (Å²) < 4.78 is 5.50. The normalized spacial score (nSPS) is 16.4. The molecule has 0 radical (unpaired) electrons. The summed E-state index contributed by atoms with van der Waals surface area (Å²) in [5, 5.41) is 3.41. The first kappa shape index (κ1) is 15.1. The Morgan fingerprint density at radius 3 is 2.75 bits per heavy atom. The lowest BCUT2D eigenvalue weighted by atomic mass is 9.68. The van der Waals surface area contributed by atoms with Gasteiger partial charge in [-0.3, -0.25) is 4.79 Å². The van der Waals surface area contributed by atoms with Gasteiger partial charge >= 0.3 is 0 Å². The average Bonchev–Trinajstić information content (AvgIpc) is 2.37. The van der Waals surface area contributed by atoms with Crippen molar-refractivity contribution in [2.24, 2.45) is 11.1 Å². The Hall–Kier alpha value is -1.26. The second kappa shape index (κ2) is 6.46. The molecule has 20 heavy (non-hydrogen) atoms. The molecule has 1 aliphatic rings. The van der Waals surface area contributed by atoms with Crippen molar-refractivity contribution in [3.8, 4) is 5.75 Å². The lowest BCUT2D eigenvalue weighted by molar-refractivity contribution is -0.129. The van der Waals surface area contributed by atoms with E-state index in [2.05, 4.69) is 5.32 Å². The maximum absolute atomic E-state index is 12.3. The summed E-state index contributed by atoms with van der Waals surface area (Å²) in [6, 6.07) is 5.30. The van der Waals surface area contributed by atoms with Crippen molar-refractivity contribution in [3.05, 3.63) is 23.2 Å². The zero-order valence-corrected chi connectivity index (χ0v) is 12.5. The molecular weight excluding hydrogens is 276 g/mol. The lowest BCUT2D eigenvalue weighted by Crippen LogP contribution is -2.47. The molecule has 1 aliphatic carbocycles. The summed E-state index contributed by atoms with van der Waals surface area (Å²) >= 11 is 6.14. The molecule has 1 fully saturated rings. The van der Waals surface area contributed by atoms with Gasteiger partial charge in [0.2, 0.25) is 5.91 Å². The number of ether oxygens (including phenoxy) is 1. The number of nitrogens with one attached hydrogen (secondary N) is 1. The fourth-order valence-corrected chi connectivity index (χ4v) is 2.53. The largest absolute Gasteiger partial charge is 0.492 e. The molecule has 3 N–H and O–H groups in total. The molecule has 1 aromatic rings. The first-order valence-electron chi connectivity index (χ1n) is 7.05. The number of carbonyl (C=O) groups excluding carboxylic acids is 1. The highest BCUT2D eigenvalue weighted by Gasteiger charge is 2.42. The van der Waals surface area contributed by atoms with E-state index >= 15 is 0 Å². The van der Waals surface area contributed by atoms with E-state index in [1.165, 1.54) is 0 Å². The van der Waals surface area contributed by atoms with Gasteiger partial charge in [-0.25, -0.2) is 0 Å². The molecule has 0 unspecified atom stereocenters. The van der Waals surface area contributed by atoms with E-state index in [4.69, 9.17) is 22.1 Å². The van der Waals surface area contributed by atoms with Crippen LogP contribution in [0.3, 0.4) is 0 Å². The molecule has 0 aliphatic heterocycles. The van der Waals surface area contributed by atoms with Crippen molar-refractivity contribution in [2.75, 3.05) is 18.5 Å². The third kappa shape index (κ3) is 3.07. The van der Waals surface area contributed by atoms with Crippen molar-refractivity contribution >= 4 is 23.2 Å². The van der Waals surface area contributed by atoms with Crippen LogP contribution in [0.2, 0.25) is 5.02 Å². The van der Waals surface area contributed by atoms with E-state index < -0.39 is 0 Å². The number of benzene rings is 1. The Balaban J connectivity index is 2.03. The monoisotopic (exact) mass is 296 g/mol. The molecule has 4 nitrogen and oxygen atoms in total. The molecule has 0 aromatic heterocycles. The number of amides is 1. The highest BCUT2D eigenvalue weighted by atomic mass is 35.5. The molecule has 0 atom stereocenters. The van der Waals surface area contributed by atoms with Crippen LogP contribution in [-0.4, -0.2) is 19.1 Å². The van der Waals surface area contributed by atoms with Gasteiger partial charge in [0.15, 0.2) is 0 Å². The minimum Gasteiger partial charge on any atom is -0.492 e. The Bertz CT molecular complexity index is 481. The van der Waals surface area contributed by atoms with E-state index in [9.17, 15) is 4.79 Å². The summed E-state index contributed by atoms with van der Waals surface area (Å²) in [7, 11) is 0. The van der Waals surface area contributed by atoms with Crippen LogP contribution in [0.25, 0.3) is 0 Å². The molecule has 2 rings (SSSR count). The van der Waals surface area contributed by atoms with Gasteiger partial charge in [-0.2, -0.15) is 0 Å². The van der Waals surface area contributed by atoms with Crippen LogP contribution >= 0.6 is 11.6 Å². The molecule has 0 spiro atoms. The number of rotatable bonds is 6. The molecule has 5 heteroatoms. The van der Waals surface area contributed by atoms with Crippen LogP contribution in [0.5, 0.6) is 5.75 Å². The van der Waals surface area contributed by atoms with Gasteiger partial charge in [-0.1, -0.05) is 24.9 Å². The van der Waals surface area contributed by atoms with E-state index in [1.807, 2.05) is 6.92 Å². The number of nitrogens with two attached hydrogens (primary N) is 1. The summed E-state index contributed by atoms with van der Waals surface area (Å²) in [5.41, 5.74) is 6.02. The van der Waals surface area contributed by atoms with Gasteiger partial charge in [-0.05, 0) is 37.5 Å².